The first-order valence-corrected chi connectivity index (χ1v) is 7.45. The van der Waals surface area contributed by atoms with E-state index in [1.807, 2.05) is 0 Å². The monoisotopic (exact) mass is 319 g/mol. The Hall–Kier alpha value is -1.80. The molecule has 8 heteroatoms. The zero-order valence-corrected chi connectivity index (χ0v) is 12.3. The van der Waals surface area contributed by atoms with Crippen LogP contribution in [0.25, 0.3) is 0 Å². The largest absolute Gasteiger partial charge is 0.466 e. The summed E-state index contributed by atoms with van der Waals surface area (Å²) < 4.78 is 55.2. The highest BCUT2D eigenvalue weighted by Gasteiger charge is 2.19. The van der Waals surface area contributed by atoms with Crippen molar-refractivity contribution >= 4 is 16.0 Å². The van der Waals surface area contributed by atoms with Crippen LogP contribution in [0.15, 0.2) is 40.8 Å². The number of rotatable bonds is 6. The molecule has 1 N–H and O–H groups in total. The Morgan fingerprint density at radius 2 is 1.81 bits per heavy atom. The Morgan fingerprint density at radius 1 is 1.24 bits per heavy atom. The van der Waals surface area contributed by atoms with E-state index < -0.39 is 34.1 Å². The first-order chi connectivity index (χ1) is 9.77. The molecule has 0 amide bonds. The standard InChI is InChI=1S/C13H15F2NO4S/c1-9-3-5-10(6-4-9)21(18,19)16-8-7-11(12(14)15)13(17)20-2/h3-6,16H,7-8H2,1-2H3. The van der Waals surface area contributed by atoms with E-state index in [0.717, 1.165) is 12.7 Å². The molecule has 0 spiro atoms. The van der Waals surface area contributed by atoms with Gasteiger partial charge in [0, 0.05) is 6.54 Å². The van der Waals surface area contributed by atoms with Crippen molar-refractivity contribution in [2.75, 3.05) is 13.7 Å². The van der Waals surface area contributed by atoms with Crippen molar-refractivity contribution in [1.29, 1.82) is 0 Å². The lowest BCUT2D eigenvalue weighted by Crippen LogP contribution is -2.26. The Kier molecular flexibility index (Phi) is 5.98. The van der Waals surface area contributed by atoms with Gasteiger partial charge in [0.15, 0.2) is 0 Å². The molecule has 5 nitrogen and oxygen atoms in total. The number of methoxy groups -OCH3 is 1. The minimum Gasteiger partial charge on any atom is -0.466 e. The molecule has 1 rings (SSSR count). The quantitative estimate of drug-likeness (QED) is 0.643. The van der Waals surface area contributed by atoms with E-state index in [1.54, 1.807) is 19.1 Å². The molecule has 1 aromatic carbocycles. The number of esters is 1. The molecular weight excluding hydrogens is 304 g/mol. The SMILES string of the molecule is COC(=O)C(CCNS(=O)(=O)c1ccc(C)cc1)=C(F)F. The van der Waals surface area contributed by atoms with Crippen LogP contribution in [0.5, 0.6) is 0 Å². The fourth-order valence-electron chi connectivity index (χ4n) is 1.51. The van der Waals surface area contributed by atoms with Crippen molar-refractivity contribution in [2.24, 2.45) is 0 Å². The summed E-state index contributed by atoms with van der Waals surface area (Å²) >= 11 is 0. The van der Waals surface area contributed by atoms with E-state index in [9.17, 15) is 22.0 Å². The number of hydrogen-bond acceptors (Lipinski definition) is 4. The maximum atomic E-state index is 12.5. The molecule has 0 heterocycles. The van der Waals surface area contributed by atoms with Crippen LogP contribution in [0.3, 0.4) is 0 Å². The summed E-state index contributed by atoms with van der Waals surface area (Å²) in [6, 6.07) is 6.06. The average Bonchev–Trinajstić information content (AvgIpc) is 2.43. The highest BCUT2D eigenvalue weighted by molar-refractivity contribution is 7.89. The minimum atomic E-state index is -3.80. The third-order valence-corrected chi connectivity index (χ3v) is 4.14. The van der Waals surface area contributed by atoms with Crippen molar-refractivity contribution in [2.45, 2.75) is 18.2 Å². The summed E-state index contributed by atoms with van der Waals surface area (Å²) in [4.78, 5) is 11.1. The molecule has 0 atom stereocenters. The van der Waals surface area contributed by atoms with Crippen LogP contribution in [-0.2, 0) is 19.6 Å². The smallest absolute Gasteiger partial charge is 0.339 e. The number of nitrogens with one attached hydrogen (secondary N) is 1. The summed E-state index contributed by atoms with van der Waals surface area (Å²) in [7, 11) is -2.83. The number of ether oxygens (including phenoxy) is 1. The van der Waals surface area contributed by atoms with Crippen molar-refractivity contribution < 1.29 is 26.7 Å². The van der Waals surface area contributed by atoms with E-state index >= 15 is 0 Å². The molecule has 116 valence electrons. The second kappa shape index (κ2) is 7.28. The van der Waals surface area contributed by atoms with Gasteiger partial charge in [0.05, 0.1) is 12.0 Å². The molecule has 0 aromatic heterocycles. The summed E-state index contributed by atoms with van der Waals surface area (Å²) in [6.45, 7) is 1.47. The maximum absolute atomic E-state index is 12.5. The van der Waals surface area contributed by atoms with E-state index in [0.29, 0.717) is 0 Å². The molecule has 0 saturated heterocycles. The van der Waals surface area contributed by atoms with Crippen LogP contribution in [0.4, 0.5) is 8.78 Å². The molecular formula is C13H15F2NO4S. The molecule has 0 unspecified atom stereocenters. The number of halogens is 2. The van der Waals surface area contributed by atoms with E-state index in [2.05, 4.69) is 9.46 Å². The van der Waals surface area contributed by atoms with Crippen LogP contribution < -0.4 is 4.72 Å². The zero-order chi connectivity index (χ0) is 16.0. The topological polar surface area (TPSA) is 72.5 Å². The van der Waals surface area contributed by atoms with Gasteiger partial charge in [0.2, 0.25) is 10.0 Å². The molecule has 0 aliphatic carbocycles. The number of sulfonamides is 1. The Labute approximate surface area is 121 Å². The Morgan fingerprint density at radius 3 is 2.29 bits per heavy atom. The van der Waals surface area contributed by atoms with Gasteiger partial charge in [-0.15, -0.1) is 0 Å². The molecule has 0 fully saturated rings. The molecule has 1 aromatic rings. The number of carbonyl (C=O) groups excluding carboxylic acids is 1. The van der Waals surface area contributed by atoms with Gasteiger partial charge < -0.3 is 4.74 Å². The molecule has 0 aliphatic rings. The second-order valence-corrected chi connectivity index (χ2v) is 5.96. The number of hydrogen-bond donors (Lipinski definition) is 1. The summed E-state index contributed by atoms with van der Waals surface area (Å²) in [5.74, 6) is -1.18. The lowest BCUT2D eigenvalue weighted by molar-refractivity contribution is -0.136. The van der Waals surface area contributed by atoms with Gasteiger partial charge in [0.25, 0.3) is 6.08 Å². The summed E-state index contributed by atoms with van der Waals surface area (Å²) in [6.07, 6.45) is -2.64. The average molecular weight is 319 g/mol. The second-order valence-electron chi connectivity index (χ2n) is 4.19. The van der Waals surface area contributed by atoms with E-state index in [-0.39, 0.29) is 11.4 Å². The van der Waals surface area contributed by atoms with Crippen LogP contribution in [0, 0.1) is 6.92 Å². The van der Waals surface area contributed by atoms with Crippen molar-refractivity contribution in [3.8, 4) is 0 Å². The van der Waals surface area contributed by atoms with E-state index in [1.165, 1.54) is 12.1 Å². The predicted molar refractivity (Wildman–Crippen MR) is 72.2 cm³/mol. The first-order valence-electron chi connectivity index (χ1n) is 5.96. The van der Waals surface area contributed by atoms with Gasteiger partial charge in [-0.05, 0) is 25.5 Å². The van der Waals surface area contributed by atoms with Crippen molar-refractivity contribution in [1.82, 2.24) is 4.72 Å². The first kappa shape index (κ1) is 17.3. The highest BCUT2D eigenvalue weighted by Crippen LogP contribution is 2.14. The highest BCUT2D eigenvalue weighted by atomic mass is 32.2. The predicted octanol–water partition coefficient (Wildman–Crippen LogP) is 1.99. The maximum Gasteiger partial charge on any atom is 0.339 e. The van der Waals surface area contributed by atoms with Crippen LogP contribution in [-0.4, -0.2) is 28.0 Å². The fourth-order valence-corrected chi connectivity index (χ4v) is 2.54. The minimum absolute atomic E-state index is 0.0254. The number of aryl methyl sites for hydroxylation is 1. The number of carbonyl (C=O) groups is 1. The summed E-state index contributed by atoms with van der Waals surface area (Å²) in [5.41, 5.74) is 0.0495. The van der Waals surface area contributed by atoms with Gasteiger partial charge in [0.1, 0.15) is 5.57 Å². The Bertz CT molecular complexity index is 635. The van der Waals surface area contributed by atoms with Gasteiger partial charge in [-0.3, -0.25) is 0 Å². The van der Waals surface area contributed by atoms with Gasteiger partial charge in [-0.25, -0.2) is 17.9 Å². The van der Waals surface area contributed by atoms with Crippen LogP contribution in [0.1, 0.15) is 12.0 Å². The molecule has 0 radical (unpaired) electrons. The van der Waals surface area contributed by atoms with Gasteiger partial charge in [-0.2, -0.15) is 8.78 Å². The third-order valence-electron chi connectivity index (χ3n) is 2.66. The summed E-state index contributed by atoms with van der Waals surface area (Å²) in [5, 5.41) is 0. The van der Waals surface area contributed by atoms with Gasteiger partial charge >= 0.3 is 5.97 Å². The van der Waals surface area contributed by atoms with Crippen LogP contribution in [0.2, 0.25) is 0 Å². The molecule has 21 heavy (non-hydrogen) atoms. The van der Waals surface area contributed by atoms with Crippen molar-refractivity contribution in [3.63, 3.8) is 0 Å². The lowest BCUT2D eigenvalue weighted by Gasteiger charge is -2.08. The molecule has 0 bridgehead atoms. The molecule has 0 saturated carbocycles. The number of benzene rings is 1. The molecule has 0 aliphatic heterocycles. The fraction of sp³-hybridized carbons (Fsp3) is 0.308. The van der Waals surface area contributed by atoms with Crippen LogP contribution >= 0.6 is 0 Å². The van der Waals surface area contributed by atoms with Gasteiger partial charge in [-0.1, -0.05) is 17.7 Å². The lowest BCUT2D eigenvalue weighted by atomic mass is 10.2. The van der Waals surface area contributed by atoms with Crippen molar-refractivity contribution in [3.05, 3.63) is 41.5 Å². The zero-order valence-electron chi connectivity index (χ0n) is 11.5. The third kappa shape index (κ3) is 4.91. The Balaban J connectivity index is 2.72. The normalized spacial score (nSPS) is 11.0. The van der Waals surface area contributed by atoms with E-state index in [4.69, 9.17) is 0 Å².